The van der Waals surface area contributed by atoms with Crippen LogP contribution < -0.4 is 0 Å². The first-order valence-electron chi connectivity index (χ1n) is 8.19. The number of para-hydroxylation sites is 1. The van der Waals surface area contributed by atoms with Crippen LogP contribution in [0.2, 0.25) is 0 Å². The van der Waals surface area contributed by atoms with Crippen molar-refractivity contribution in [3.63, 3.8) is 0 Å². The minimum Gasteiger partial charge on any atom is -0.378 e. The molecule has 0 amide bonds. The third-order valence-corrected chi connectivity index (χ3v) is 4.10. The fourth-order valence-electron chi connectivity index (χ4n) is 2.82. The first kappa shape index (κ1) is 16.2. The van der Waals surface area contributed by atoms with Gasteiger partial charge in [-0.1, -0.05) is 23.4 Å². The van der Waals surface area contributed by atoms with E-state index in [9.17, 15) is 10.1 Å². The quantitative estimate of drug-likeness (QED) is 0.303. The molecule has 0 atom stereocenters. The van der Waals surface area contributed by atoms with Crippen LogP contribution in [0, 0.1) is 10.1 Å². The van der Waals surface area contributed by atoms with Crippen molar-refractivity contribution in [1.29, 1.82) is 0 Å². The van der Waals surface area contributed by atoms with Crippen molar-refractivity contribution in [3.05, 3.63) is 58.6 Å². The average molecular weight is 352 g/mol. The van der Waals surface area contributed by atoms with Gasteiger partial charge in [-0.2, -0.15) is 4.68 Å². The van der Waals surface area contributed by atoms with E-state index in [0.717, 1.165) is 11.0 Å². The number of nitrogens with zero attached hydrogens (tertiary/aromatic N) is 6. The molecule has 9 nitrogen and oxygen atoms in total. The summed E-state index contributed by atoms with van der Waals surface area (Å²) in [5.74, 6) is 0.572. The second-order valence-corrected chi connectivity index (χ2v) is 5.78. The van der Waals surface area contributed by atoms with Crippen molar-refractivity contribution in [3.8, 4) is 0 Å². The Kier molecular flexibility index (Phi) is 4.28. The number of rotatable bonds is 2. The normalized spacial score (nSPS) is 15.4. The van der Waals surface area contributed by atoms with Crippen LogP contribution >= 0.6 is 0 Å². The molecule has 0 bridgehead atoms. The number of fused-ring (bicyclic) bond motifs is 1. The maximum atomic E-state index is 11.0. The van der Waals surface area contributed by atoms with E-state index in [2.05, 4.69) is 15.3 Å². The highest BCUT2D eigenvalue weighted by Crippen LogP contribution is 2.21. The van der Waals surface area contributed by atoms with E-state index in [1.165, 1.54) is 12.1 Å². The van der Waals surface area contributed by atoms with E-state index in [1.807, 2.05) is 29.2 Å². The Bertz CT molecular complexity index is 977. The molecular weight excluding hydrogens is 336 g/mol. The Morgan fingerprint density at radius 2 is 1.96 bits per heavy atom. The molecule has 2 heterocycles. The van der Waals surface area contributed by atoms with Crippen LogP contribution in [0.5, 0.6) is 0 Å². The van der Waals surface area contributed by atoms with Crippen LogP contribution in [0.1, 0.15) is 0 Å². The number of aliphatic imine (C=N–C) groups is 1. The lowest BCUT2D eigenvalue weighted by Gasteiger charge is -2.29. The summed E-state index contributed by atoms with van der Waals surface area (Å²) in [6.45, 7) is 2.48. The van der Waals surface area contributed by atoms with Gasteiger partial charge in [-0.15, -0.1) is 5.10 Å². The van der Waals surface area contributed by atoms with E-state index in [4.69, 9.17) is 4.74 Å². The third-order valence-electron chi connectivity index (χ3n) is 4.10. The molecule has 1 aliphatic heterocycles. The van der Waals surface area contributed by atoms with Crippen molar-refractivity contribution < 1.29 is 9.66 Å². The Morgan fingerprint density at radius 3 is 2.77 bits per heavy atom. The zero-order valence-electron chi connectivity index (χ0n) is 13.9. The molecule has 0 saturated carbocycles. The van der Waals surface area contributed by atoms with E-state index >= 15 is 0 Å². The highest BCUT2D eigenvalue weighted by Gasteiger charge is 2.20. The van der Waals surface area contributed by atoms with Crippen molar-refractivity contribution in [2.24, 2.45) is 4.99 Å². The molecule has 26 heavy (non-hydrogen) atoms. The first-order chi connectivity index (χ1) is 12.7. The van der Waals surface area contributed by atoms with Gasteiger partial charge in [0, 0.05) is 25.2 Å². The number of aromatic nitrogens is 3. The van der Waals surface area contributed by atoms with Crippen molar-refractivity contribution in [2.45, 2.75) is 0 Å². The molecule has 4 rings (SSSR count). The van der Waals surface area contributed by atoms with Crippen LogP contribution in [0.3, 0.4) is 0 Å². The summed E-state index contributed by atoms with van der Waals surface area (Å²) in [5, 5.41) is 19.5. The maximum Gasteiger partial charge on any atom is 0.271 e. The van der Waals surface area contributed by atoms with Crippen LogP contribution in [0.25, 0.3) is 11.0 Å². The van der Waals surface area contributed by atoms with Crippen LogP contribution in [0.15, 0.2) is 53.5 Å². The topological polar surface area (TPSA) is 98.7 Å². The molecule has 9 heteroatoms. The highest BCUT2D eigenvalue weighted by molar-refractivity contribution is 5.92. The number of ether oxygens (including phenoxy) is 1. The van der Waals surface area contributed by atoms with Crippen LogP contribution in [-0.2, 0) is 4.74 Å². The molecule has 0 spiro atoms. The van der Waals surface area contributed by atoms with E-state index < -0.39 is 4.92 Å². The Morgan fingerprint density at radius 1 is 1.15 bits per heavy atom. The van der Waals surface area contributed by atoms with Crippen molar-refractivity contribution in [1.82, 2.24) is 19.9 Å². The highest BCUT2D eigenvalue weighted by atomic mass is 16.6. The largest absolute Gasteiger partial charge is 0.378 e. The molecule has 3 aromatic rings. The van der Waals surface area contributed by atoms with Gasteiger partial charge in [0.05, 0.1) is 29.3 Å². The summed E-state index contributed by atoms with van der Waals surface area (Å²) >= 11 is 0. The summed E-state index contributed by atoms with van der Waals surface area (Å²) in [7, 11) is 0. The zero-order valence-corrected chi connectivity index (χ0v) is 13.9. The number of benzene rings is 2. The molecule has 0 radical (unpaired) electrons. The van der Waals surface area contributed by atoms with Gasteiger partial charge in [-0.25, -0.2) is 4.99 Å². The number of non-ortho nitro benzene ring substituents is 1. The molecule has 1 aliphatic rings. The summed E-state index contributed by atoms with van der Waals surface area (Å²) < 4.78 is 7.09. The third kappa shape index (κ3) is 3.11. The van der Waals surface area contributed by atoms with Gasteiger partial charge in [0.25, 0.3) is 5.69 Å². The summed E-state index contributed by atoms with van der Waals surface area (Å²) in [5.41, 5.74) is 2.06. The predicted molar refractivity (Wildman–Crippen MR) is 95.5 cm³/mol. The molecule has 0 aliphatic carbocycles. The second-order valence-electron chi connectivity index (χ2n) is 5.78. The van der Waals surface area contributed by atoms with Gasteiger partial charge in [0.2, 0.25) is 5.96 Å². The Labute approximate surface area is 148 Å². The molecule has 1 fully saturated rings. The molecule has 1 aromatic heterocycles. The smallest absolute Gasteiger partial charge is 0.271 e. The number of hydrogen-bond donors (Lipinski definition) is 0. The first-order valence-corrected chi connectivity index (χ1v) is 8.19. The number of hydrogen-bond acceptors (Lipinski definition) is 6. The minimum absolute atomic E-state index is 0.00368. The predicted octanol–water partition coefficient (Wildman–Crippen LogP) is 2.21. The lowest BCUT2D eigenvalue weighted by atomic mass is 10.3. The molecule has 0 N–H and O–H groups in total. The minimum atomic E-state index is -0.432. The van der Waals surface area contributed by atoms with Gasteiger partial charge >= 0.3 is 0 Å². The average Bonchev–Trinajstić information content (AvgIpc) is 3.11. The lowest BCUT2D eigenvalue weighted by Crippen LogP contribution is -2.44. The van der Waals surface area contributed by atoms with Gasteiger partial charge in [-0.05, 0) is 18.2 Å². The standard InChI is InChI=1S/C17H16N6O3/c24-23(25)14-5-3-4-13(12-14)18-17(21-8-10-26-11-9-21)22-16-7-2-1-6-15(16)19-20-22/h1-7,12H,8-11H2. The molecule has 0 unspecified atom stereocenters. The van der Waals surface area contributed by atoms with E-state index in [0.29, 0.717) is 38.0 Å². The van der Waals surface area contributed by atoms with Crippen molar-refractivity contribution >= 4 is 28.4 Å². The molecule has 132 valence electrons. The SMILES string of the molecule is O=[N+]([O-])c1cccc(N=C(N2CCOCC2)n2nnc3ccccc32)c1. The van der Waals surface area contributed by atoms with E-state index in [-0.39, 0.29) is 5.69 Å². The second kappa shape index (κ2) is 6.89. The van der Waals surface area contributed by atoms with Gasteiger partial charge in [0.15, 0.2) is 0 Å². The van der Waals surface area contributed by atoms with Crippen LogP contribution in [0.4, 0.5) is 11.4 Å². The van der Waals surface area contributed by atoms with Gasteiger partial charge in [0.1, 0.15) is 5.52 Å². The Hall–Kier alpha value is -3.33. The fourth-order valence-corrected chi connectivity index (χ4v) is 2.82. The maximum absolute atomic E-state index is 11.0. The lowest BCUT2D eigenvalue weighted by molar-refractivity contribution is -0.384. The number of morpholine rings is 1. The van der Waals surface area contributed by atoms with Crippen molar-refractivity contribution in [2.75, 3.05) is 26.3 Å². The number of nitro benzene ring substituents is 1. The molecular formula is C17H16N6O3. The summed E-state index contributed by atoms with van der Waals surface area (Å²) in [6.07, 6.45) is 0. The van der Waals surface area contributed by atoms with E-state index in [1.54, 1.807) is 16.8 Å². The molecule has 1 saturated heterocycles. The Balaban J connectivity index is 1.83. The van der Waals surface area contributed by atoms with Gasteiger partial charge in [-0.3, -0.25) is 10.1 Å². The number of nitro groups is 1. The summed E-state index contributed by atoms with van der Waals surface area (Å²) in [6, 6.07) is 13.8. The summed E-state index contributed by atoms with van der Waals surface area (Å²) in [4.78, 5) is 17.3. The fraction of sp³-hybridized carbons (Fsp3) is 0.235. The van der Waals surface area contributed by atoms with Gasteiger partial charge < -0.3 is 9.64 Å². The zero-order chi connectivity index (χ0) is 17.9. The molecule has 2 aromatic carbocycles. The monoisotopic (exact) mass is 352 g/mol. The van der Waals surface area contributed by atoms with Crippen LogP contribution in [-0.4, -0.2) is 57.1 Å².